The van der Waals surface area contributed by atoms with Crippen molar-refractivity contribution in [3.8, 4) is 0 Å². The van der Waals surface area contributed by atoms with Crippen LogP contribution in [0.3, 0.4) is 0 Å². The standard InChI is InChI=1S/2C8H8O3S.2Li/c2*9-12(10,11)7-6-8-4-2-1-3-5-8;;/h2*1-7H,(H,9,10,11);;/q;;2*+1/p-2. The van der Waals surface area contributed by atoms with E-state index in [1.807, 2.05) is 12.1 Å². The molecule has 2 rings (SSSR count). The van der Waals surface area contributed by atoms with Crippen molar-refractivity contribution >= 4 is 32.4 Å². The van der Waals surface area contributed by atoms with Crippen LogP contribution < -0.4 is 37.7 Å². The third kappa shape index (κ3) is 15.2. The van der Waals surface area contributed by atoms with Crippen LogP contribution in [0.25, 0.3) is 12.2 Å². The van der Waals surface area contributed by atoms with Crippen LogP contribution in [-0.2, 0) is 20.2 Å². The van der Waals surface area contributed by atoms with Crippen LogP contribution in [0.5, 0.6) is 0 Å². The Labute approximate surface area is 177 Å². The van der Waals surface area contributed by atoms with Gasteiger partial charge in [-0.15, -0.1) is 0 Å². The van der Waals surface area contributed by atoms with Crippen molar-refractivity contribution in [2.45, 2.75) is 0 Å². The monoisotopic (exact) mass is 380 g/mol. The van der Waals surface area contributed by atoms with Gasteiger partial charge in [0.05, 0.1) is 0 Å². The summed E-state index contributed by atoms with van der Waals surface area (Å²) in [5, 5.41) is 1.28. The van der Waals surface area contributed by atoms with E-state index in [1.54, 1.807) is 48.5 Å². The first-order chi connectivity index (χ1) is 11.2. The fourth-order valence-corrected chi connectivity index (χ4v) is 2.10. The van der Waals surface area contributed by atoms with Crippen molar-refractivity contribution in [3.63, 3.8) is 0 Å². The van der Waals surface area contributed by atoms with Gasteiger partial charge in [-0.2, -0.15) is 0 Å². The largest absolute Gasteiger partial charge is 1.00 e. The first-order valence-electron chi connectivity index (χ1n) is 6.54. The molecular weight excluding hydrogens is 366 g/mol. The average molecular weight is 380 g/mol. The second-order valence-electron chi connectivity index (χ2n) is 4.41. The van der Waals surface area contributed by atoms with Crippen molar-refractivity contribution in [1.82, 2.24) is 0 Å². The normalized spacial score (nSPS) is 11.2. The summed E-state index contributed by atoms with van der Waals surface area (Å²) in [6.07, 6.45) is 2.53. The zero-order valence-corrected chi connectivity index (χ0v) is 16.0. The van der Waals surface area contributed by atoms with Gasteiger partial charge in [-0.05, 0) is 23.3 Å². The predicted octanol–water partition coefficient (Wildman–Crippen LogP) is -3.59. The first-order valence-corrected chi connectivity index (χ1v) is 9.48. The summed E-state index contributed by atoms with van der Waals surface area (Å²) in [6, 6.07) is 17.5. The molecule has 0 bridgehead atoms. The molecule has 0 radical (unpaired) electrons. The van der Waals surface area contributed by atoms with Gasteiger partial charge in [0.15, 0.2) is 0 Å². The van der Waals surface area contributed by atoms with Crippen molar-refractivity contribution in [3.05, 3.63) is 82.6 Å². The Balaban J connectivity index is 0. The average Bonchev–Trinajstić information content (AvgIpc) is 2.52. The number of hydrogen-bond acceptors (Lipinski definition) is 6. The smallest absolute Gasteiger partial charge is 0.744 e. The molecule has 6 nitrogen and oxygen atoms in total. The molecule has 0 atom stereocenters. The van der Waals surface area contributed by atoms with Gasteiger partial charge in [-0.25, -0.2) is 16.8 Å². The van der Waals surface area contributed by atoms with Crippen LogP contribution in [0, 0.1) is 0 Å². The second-order valence-corrected chi connectivity index (χ2v) is 6.93. The third-order valence-electron chi connectivity index (χ3n) is 2.45. The van der Waals surface area contributed by atoms with Gasteiger partial charge < -0.3 is 9.11 Å². The van der Waals surface area contributed by atoms with E-state index in [1.165, 1.54) is 12.2 Å². The molecular formula is C16H14Li2O6S2. The molecule has 0 unspecified atom stereocenters. The molecule has 0 aliphatic heterocycles. The minimum atomic E-state index is -4.25. The number of rotatable bonds is 4. The van der Waals surface area contributed by atoms with Gasteiger partial charge in [0.1, 0.15) is 20.2 Å². The molecule has 0 fully saturated rings. The topological polar surface area (TPSA) is 114 Å². The Kier molecular flexibility index (Phi) is 13.7. The van der Waals surface area contributed by atoms with Gasteiger partial charge >= 0.3 is 37.7 Å². The van der Waals surface area contributed by atoms with E-state index in [2.05, 4.69) is 0 Å². The van der Waals surface area contributed by atoms with Crippen LogP contribution >= 0.6 is 0 Å². The van der Waals surface area contributed by atoms with E-state index in [9.17, 15) is 25.9 Å². The molecule has 10 heteroatoms. The quantitative estimate of drug-likeness (QED) is 0.400. The molecule has 2 aromatic rings. The summed E-state index contributed by atoms with van der Waals surface area (Å²) in [5.41, 5.74) is 1.38. The summed E-state index contributed by atoms with van der Waals surface area (Å²) in [5.74, 6) is 0. The summed E-state index contributed by atoms with van der Waals surface area (Å²) in [7, 11) is -8.51. The van der Waals surface area contributed by atoms with Crippen molar-refractivity contribution in [2.24, 2.45) is 0 Å². The first kappa shape index (κ1) is 27.2. The zero-order valence-electron chi connectivity index (χ0n) is 14.3. The molecule has 128 valence electrons. The van der Waals surface area contributed by atoms with Gasteiger partial charge in [-0.3, -0.25) is 0 Å². The Morgan fingerprint density at radius 3 is 1.08 bits per heavy atom. The van der Waals surface area contributed by atoms with Gasteiger partial charge in [0.25, 0.3) is 0 Å². The zero-order chi connectivity index (χ0) is 18.1. The van der Waals surface area contributed by atoms with Crippen LogP contribution in [-0.4, -0.2) is 25.9 Å². The Morgan fingerprint density at radius 1 is 0.577 bits per heavy atom. The minimum absolute atomic E-state index is 0. The molecule has 0 N–H and O–H groups in total. The van der Waals surface area contributed by atoms with Crippen molar-refractivity contribution in [2.75, 3.05) is 0 Å². The Hall–Kier alpha value is -1.07. The van der Waals surface area contributed by atoms with Gasteiger partial charge in [-0.1, -0.05) is 60.7 Å². The molecule has 0 amide bonds. The third-order valence-corrected chi connectivity index (χ3v) is 3.39. The van der Waals surface area contributed by atoms with E-state index >= 15 is 0 Å². The molecule has 2 aromatic carbocycles. The summed E-state index contributed by atoms with van der Waals surface area (Å²) < 4.78 is 61.0. The summed E-state index contributed by atoms with van der Waals surface area (Å²) >= 11 is 0. The molecule has 0 spiro atoms. The number of hydrogen-bond donors (Lipinski definition) is 0. The van der Waals surface area contributed by atoms with Crippen LogP contribution in [0.4, 0.5) is 0 Å². The fraction of sp³-hybridized carbons (Fsp3) is 0. The van der Waals surface area contributed by atoms with Gasteiger partial charge in [0.2, 0.25) is 0 Å². The molecule has 0 aromatic heterocycles. The van der Waals surface area contributed by atoms with Crippen molar-refractivity contribution < 1.29 is 63.7 Å². The van der Waals surface area contributed by atoms with Crippen LogP contribution in [0.1, 0.15) is 11.1 Å². The molecule has 0 heterocycles. The second kappa shape index (κ2) is 13.2. The predicted molar refractivity (Wildman–Crippen MR) is 90.3 cm³/mol. The van der Waals surface area contributed by atoms with E-state index in [-0.39, 0.29) is 37.7 Å². The minimum Gasteiger partial charge on any atom is -0.744 e. The Bertz CT molecular complexity index is 817. The maximum atomic E-state index is 10.2. The molecule has 0 saturated carbocycles. The van der Waals surface area contributed by atoms with Crippen LogP contribution in [0.2, 0.25) is 0 Å². The maximum Gasteiger partial charge on any atom is 1.00 e. The van der Waals surface area contributed by atoms with E-state index < -0.39 is 20.2 Å². The SMILES string of the molecule is O=S(=O)([O-])C=Cc1ccccc1.O=S(=O)([O-])C=Cc1ccccc1.[Li+].[Li+]. The summed E-state index contributed by atoms with van der Waals surface area (Å²) in [4.78, 5) is 0. The Morgan fingerprint density at radius 2 is 0.846 bits per heavy atom. The van der Waals surface area contributed by atoms with Crippen LogP contribution in [0.15, 0.2) is 71.5 Å². The van der Waals surface area contributed by atoms with E-state index in [0.717, 1.165) is 0 Å². The van der Waals surface area contributed by atoms with E-state index in [0.29, 0.717) is 21.9 Å². The molecule has 0 saturated heterocycles. The fourth-order valence-electron chi connectivity index (χ4n) is 1.45. The maximum absolute atomic E-state index is 10.2. The molecule has 0 aliphatic rings. The van der Waals surface area contributed by atoms with Gasteiger partial charge in [0, 0.05) is 10.8 Å². The summed E-state index contributed by atoms with van der Waals surface area (Å²) in [6.45, 7) is 0. The molecule has 0 aliphatic carbocycles. The van der Waals surface area contributed by atoms with Crippen molar-refractivity contribution in [1.29, 1.82) is 0 Å². The number of benzene rings is 2. The molecule has 26 heavy (non-hydrogen) atoms. The van der Waals surface area contributed by atoms with E-state index in [4.69, 9.17) is 0 Å².